The molecular weight excluding hydrogens is 541 g/mol. The molecule has 5 rings (SSSR count). The van der Waals surface area contributed by atoms with Gasteiger partial charge in [0.1, 0.15) is 0 Å². The zero-order chi connectivity index (χ0) is 25.4. The molecule has 0 N–H and O–H groups in total. The van der Waals surface area contributed by atoms with E-state index in [1.165, 1.54) is 27.8 Å². The van der Waals surface area contributed by atoms with Crippen molar-refractivity contribution < 1.29 is 17.9 Å². The highest BCUT2D eigenvalue weighted by molar-refractivity contribution is 7.89. The van der Waals surface area contributed by atoms with Crippen molar-refractivity contribution in [1.82, 2.24) is 9.29 Å². The van der Waals surface area contributed by atoms with Gasteiger partial charge < -0.3 is 4.74 Å². The number of sulfonamides is 1. The maximum absolute atomic E-state index is 13.8. The van der Waals surface area contributed by atoms with Crippen LogP contribution < -0.4 is 4.90 Å². The van der Waals surface area contributed by atoms with Gasteiger partial charge in [-0.2, -0.15) is 4.31 Å². The van der Waals surface area contributed by atoms with E-state index in [-0.39, 0.29) is 35.9 Å². The van der Waals surface area contributed by atoms with E-state index in [0.29, 0.717) is 41.2 Å². The van der Waals surface area contributed by atoms with Crippen LogP contribution in [-0.2, 0) is 19.6 Å². The number of nitrogens with zero attached hydrogens (tertiary/aromatic N) is 3. The maximum Gasteiger partial charge on any atom is 0.243 e. The first-order valence-corrected chi connectivity index (χ1v) is 15.0. The topological polar surface area (TPSA) is 79.8 Å². The Kier molecular flexibility index (Phi) is 7.59. The normalized spacial score (nSPS) is 19.7. The third-order valence-corrected chi connectivity index (χ3v) is 10.6. The van der Waals surface area contributed by atoms with Crippen LogP contribution in [0.25, 0.3) is 10.2 Å². The van der Waals surface area contributed by atoms with Gasteiger partial charge in [0, 0.05) is 30.6 Å². The van der Waals surface area contributed by atoms with Gasteiger partial charge in [-0.25, -0.2) is 13.4 Å². The molecule has 0 spiro atoms. The van der Waals surface area contributed by atoms with Crippen molar-refractivity contribution in [3.05, 3.63) is 52.0 Å². The summed E-state index contributed by atoms with van der Waals surface area (Å²) in [7, 11) is -3.64. The molecule has 1 unspecified atom stereocenters. The second kappa shape index (κ2) is 10.6. The monoisotopic (exact) mass is 567 g/mol. The van der Waals surface area contributed by atoms with Gasteiger partial charge >= 0.3 is 0 Å². The number of aryl methyl sites for hydroxylation is 1. The van der Waals surface area contributed by atoms with E-state index in [2.05, 4.69) is 0 Å². The number of aromatic nitrogens is 1. The summed E-state index contributed by atoms with van der Waals surface area (Å²) in [6.07, 6.45) is 2.71. The number of hydrogen-bond acceptors (Lipinski definition) is 6. The molecule has 0 aliphatic carbocycles. The molecule has 3 aromatic rings. The fraction of sp³-hybridized carbons (Fsp3) is 0.440. The van der Waals surface area contributed by atoms with Crippen LogP contribution in [0.4, 0.5) is 5.13 Å². The number of fused-ring (bicyclic) bond motifs is 1. The van der Waals surface area contributed by atoms with Crippen molar-refractivity contribution >= 4 is 65.8 Å². The van der Waals surface area contributed by atoms with E-state index in [9.17, 15) is 13.2 Å². The molecule has 7 nitrogen and oxygen atoms in total. The Labute approximate surface area is 225 Å². The summed E-state index contributed by atoms with van der Waals surface area (Å²) >= 11 is 13.8. The zero-order valence-corrected chi connectivity index (χ0v) is 23.0. The van der Waals surface area contributed by atoms with Crippen LogP contribution in [0.3, 0.4) is 0 Å². The van der Waals surface area contributed by atoms with E-state index in [4.69, 9.17) is 32.9 Å². The van der Waals surface area contributed by atoms with E-state index < -0.39 is 10.0 Å². The Morgan fingerprint density at radius 3 is 2.50 bits per heavy atom. The number of halogens is 2. The molecular formula is C25H27Cl2N3O4S2. The second-order valence-electron chi connectivity index (χ2n) is 9.25. The Morgan fingerprint density at radius 2 is 1.86 bits per heavy atom. The molecule has 1 amide bonds. The third kappa shape index (κ3) is 5.14. The average molecular weight is 569 g/mol. The van der Waals surface area contributed by atoms with Crippen LogP contribution in [0.5, 0.6) is 0 Å². The lowest BCUT2D eigenvalue weighted by atomic mass is 9.96. The second-order valence-corrected chi connectivity index (χ2v) is 13.0. The molecule has 2 aliphatic heterocycles. The van der Waals surface area contributed by atoms with Crippen LogP contribution in [0, 0.1) is 12.8 Å². The maximum atomic E-state index is 13.8. The number of anilines is 1. The van der Waals surface area contributed by atoms with Crippen LogP contribution in [0.2, 0.25) is 10.0 Å². The Morgan fingerprint density at radius 1 is 1.14 bits per heavy atom. The van der Waals surface area contributed by atoms with Gasteiger partial charge in [0.2, 0.25) is 15.9 Å². The Hall–Kier alpha value is -1.75. The largest absolute Gasteiger partial charge is 0.376 e. The molecule has 3 heterocycles. The highest BCUT2D eigenvalue weighted by Crippen LogP contribution is 2.37. The highest BCUT2D eigenvalue weighted by Gasteiger charge is 2.36. The van der Waals surface area contributed by atoms with Crippen molar-refractivity contribution in [3.63, 3.8) is 0 Å². The van der Waals surface area contributed by atoms with E-state index in [0.717, 1.165) is 28.6 Å². The minimum absolute atomic E-state index is 0.0390. The molecule has 1 atom stereocenters. The van der Waals surface area contributed by atoms with E-state index in [1.54, 1.807) is 17.0 Å². The summed E-state index contributed by atoms with van der Waals surface area (Å²) in [5, 5.41) is 1.71. The predicted octanol–water partition coefficient (Wildman–Crippen LogP) is 5.52. The fourth-order valence-corrected chi connectivity index (χ4v) is 7.71. The molecule has 2 fully saturated rings. The van der Waals surface area contributed by atoms with Gasteiger partial charge in [0.25, 0.3) is 0 Å². The Balaban J connectivity index is 1.36. The van der Waals surface area contributed by atoms with Gasteiger partial charge in [-0.3, -0.25) is 9.69 Å². The quantitative estimate of drug-likeness (QED) is 0.391. The lowest BCUT2D eigenvalue weighted by molar-refractivity contribution is -0.123. The van der Waals surface area contributed by atoms with Gasteiger partial charge in [-0.1, -0.05) is 40.6 Å². The number of carbonyl (C=O) groups is 1. The van der Waals surface area contributed by atoms with Crippen molar-refractivity contribution in [3.8, 4) is 0 Å². The summed E-state index contributed by atoms with van der Waals surface area (Å²) < 4.78 is 34.3. The molecule has 2 saturated heterocycles. The van der Waals surface area contributed by atoms with Crippen molar-refractivity contribution in [2.45, 2.75) is 43.6 Å². The first kappa shape index (κ1) is 25.9. The number of rotatable bonds is 6. The van der Waals surface area contributed by atoms with Crippen LogP contribution in [0.1, 0.15) is 31.2 Å². The Bertz CT molecular complexity index is 1320. The highest BCUT2D eigenvalue weighted by atomic mass is 35.5. The molecule has 11 heteroatoms. The fourth-order valence-electron chi connectivity index (χ4n) is 4.78. The number of benzene rings is 2. The molecule has 0 saturated carbocycles. The zero-order valence-electron chi connectivity index (χ0n) is 19.8. The van der Waals surface area contributed by atoms with Crippen LogP contribution >= 0.6 is 34.5 Å². The summed E-state index contributed by atoms with van der Waals surface area (Å²) in [6.45, 7) is 3.65. The summed E-state index contributed by atoms with van der Waals surface area (Å²) in [4.78, 5) is 20.6. The van der Waals surface area contributed by atoms with E-state index in [1.807, 2.05) is 19.1 Å². The lowest BCUT2D eigenvalue weighted by Gasteiger charge is -2.33. The standard InChI is InChI=1S/C25H27Cl2N3O4S2/c1-16-4-9-21(27)23-22(16)28-25(35-23)30(15-19-3-2-14-34-19)24(31)17-10-12-29(13-11-17)36(32,33)20-7-5-18(26)6-8-20/h4-9,17,19H,2-3,10-15H2,1H3. The van der Waals surface area contributed by atoms with E-state index >= 15 is 0 Å². The molecule has 36 heavy (non-hydrogen) atoms. The first-order valence-electron chi connectivity index (χ1n) is 12.0. The van der Waals surface area contributed by atoms with Crippen LogP contribution in [-0.4, -0.2) is 56.0 Å². The average Bonchev–Trinajstić information content (AvgIpc) is 3.56. The molecule has 2 aromatic carbocycles. The minimum Gasteiger partial charge on any atom is -0.376 e. The molecule has 2 aliphatic rings. The van der Waals surface area contributed by atoms with Crippen molar-refractivity contribution in [2.75, 3.05) is 31.1 Å². The van der Waals surface area contributed by atoms with Crippen LogP contribution in [0.15, 0.2) is 41.3 Å². The van der Waals surface area contributed by atoms with Gasteiger partial charge in [0.05, 0.1) is 32.8 Å². The lowest BCUT2D eigenvalue weighted by Crippen LogP contribution is -2.46. The minimum atomic E-state index is -3.64. The summed E-state index contributed by atoms with van der Waals surface area (Å²) in [5.74, 6) is -0.339. The first-order chi connectivity index (χ1) is 17.2. The predicted molar refractivity (Wildman–Crippen MR) is 144 cm³/mol. The summed E-state index contributed by atoms with van der Waals surface area (Å²) in [6, 6.07) is 9.94. The number of hydrogen-bond donors (Lipinski definition) is 0. The van der Waals surface area contributed by atoms with Gasteiger partial charge in [-0.05, 0) is 68.5 Å². The number of amides is 1. The third-order valence-electron chi connectivity index (χ3n) is 6.85. The summed E-state index contributed by atoms with van der Waals surface area (Å²) in [5.41, 5.74) is 1.80. The molecule has 192 valence electrons. The molecule has 0 radical (unpaired) electrons. The number of carbonyl (C=O) groups excluding carboxylic acids is 1. The van der Waals surface area contributed by atoms with Crippen molar-refractivity contribution in [1.29, 1.82) is 0 Å². The molecule has 1 aromatic heterocycles. The number of thiazole rings is 1. The SMILES string of the molecule is Cc1ccc(Cl)c2sc(N(CC3CCCO3)C(=O)C3CCN(S(=O)(=O)c4ccc(Cl)cc4)CC3)nc12. The number of ether oxygens (including phenoxy) is 1. The molecule has 0 bridgehead atoms. The number of piperidine rings is 1. The van der Waals surface area contributed by atoms with Crippen molar-refractivity contribution in [2.24, 2.45) is 5.92 Å². The van der Waals surface area contributed by atoms with Gasteiger partial charge in [0.15, 0.2) is 5.13 Å². The van der Waals surface area contributed by atoms with Gasteiger partial charge in [-0.15, -0.1) is 0 Å². The smallest absolute Gasteiger partial charge is 0.243 e.